The summed E-state index contributed by atoms with van der Waals surface area (Å²) in [6.45, 7) is 0. The monoisotopic (exact) mass is 697 g/mol. The van der Waals surface area contributed by atoms with Crippen molar-refractivity contribution in [2.24, 2.45) is 0 Å². The van der Waals surface area contributed by atoms with Gasteiger partial charge in [-0.25, -0.2) is 4.98 Å². The second kappa shape index (κ2) is 10.6. The van der Waals surface area contributed by atoms with Crippen molar-refractivity contribution in [3.05, 3.63) is 164 Å². The minimum Gasteiger partial charge on any atom is -0.309 e. The van der Waals surface area contributed by atoms with E-state index in [0.29, 0.717) is 0 Å². The number of rotatable bonds is 3. The van der Waals surface area contributed by atoms with E-state index in [-0.39, 0.29) is 0 Å². The van der Waals surface area contributed by atoms with Crippen LogP contribution in [0.4, 0.5) is 0 Å². The van der Waals surface area contributed by atoms with E-state index in [0.717, 1.165) is 21.9 Å². The highest BCUT2D eigenvalue weighted by Crippen LogP contribution is 2.46. The Balaban J connectivity index is 1.10. The predicted molar refractivity (Wildman–Crippen MR) is 224 cm³/mol. The Morgan fingerprint density at radius 3 is 1.85 bits per heavy atom. The van der Waals surface area contributed by atoms with Gasteiger partial charge in [0, 0.05) is 47.4 Å². The Morgan fingerprint density at radius 2 is 1.08 bits per heavy atom. The van der Waals surface area contributed by atoms with E-state index in [9.17, 15) is 0 Å². The molecule has 3 nitrogen and oxygen atoms in total. The van der Waals surface area contributed by atoms with E-state index in [1.54, 1.807) is 11.3 Å². The summed E-state index contributed by atoms with van der Waals surface area (Å²) in [6.07, 6.45) is 0. The van der Waals surface area contributed by atoms with Crippen molar-refractivity contribution in [3.8, 4) is 21.9 Å². The summed E-state index contributed by atoms with van der Waals surface area (Å²) in [5.41, 5.74) is 9.45. The molecule has 0 fully saturated rings. The second-order valence-electron chi connectivity index (χ2n) is 13.6. The van der Waals surface area contributed by atoms with Crippen LogP contribution in [0.1, 0.15) is 0 Å². The van der Waals surface area contributed by atoms with Crippen molar-refractivity contribution >= 4 is 107 Å². The first-order valence-electron chi connectivity index (χ1n) is 17.5. The number of para-hydroxylation sites is 3. The molecule has 0 aliphatic rings. The molecule has 12 rings (SSSR count). The quantitative estimate of drug-likeness (QED) is 0.180. The maximum atomic E-state index is 5.38. The number of thiazole rings is 1. The van der Waals surface area contributed by atoms with Gasteiger partial charge in [-0.2, -0.15) is 0 Å². The molecule has 0 saturated carbocycles. The number of hydrogen-bond acceptors (Lipinski definition) is 3. The lowest BCUT2D eigenvalue weighted by Gasteiger charge is -2.09. The molecule has 5 heteroatoms. The first-order chi connectivity index (χ1) is 25.8. The zero-order valence-corrected chi connectivity index (χ0v) is 29.4. The third-order valence-corrected chi connectivity index (χ3v) is 13.0. The fraction of sp³-hybridized carbons (Fsp3) is 0. The molecule has 12 aromatic rings. The number of aromatic nitrogens is 3. The Labute approximate surface area is 305 Å². The van der Waals surface area contributed by atoms with Gasteiger partial charge in [0.15, 0.2) is 5.13 Å². The van der Waals surface area contributed by atoms with Crippen LogP contribution in [0, 0.1) is 0 Å². The Bertz CT molecular complexity index is 3380. The molecule has 0 unspecified atom stereocenters. The fourth-order valence-corrected chi connectivity index (χ4v) is 10.9. The predicted octanol–water partition coefficient (Wildman–Crippen LogP) is 13.7. The molecule has 0 N–H and O–H groups in total. The van der Waals surface area contributed by atoms with E-state index in [1.165, 1.54) is 84.9 Å². The SMILES string of the molecule is c1ccc2cc(-c3cccc4c3sc3ccc5nc(-n6c7ccccc7c7ccc(-n8c9ccccc9c9ccccc98)cc76)sc5c34)ccc2c1. The molecule has 0 saturated heterocycles. The van der Waals surface area contributed by atoms with Gasteiger partial charge in [0.2, 0.25) is 0 Å². The number of benzene rings is 8. The zero-order valence-electron chi connectivity index (χ0n) is 27.7. The van der Waals surface area contributed by atoms with Gasteiger partial charge in [0.05, 0.1) is 32.3 Å². The molecule has 52 heavy (non-hydrogen) atoms. The topological polar surface area (TPSA) is 22.8 Å². The van der Waals surface area contributed by atoms with Gasteiger partial charge in [0.25, 0.3) is 0 Å². The highest BCUT2D eigenvalue weighted by Gasteiger charge is 2.20. The third kappa shape index (κ3) is 3.92. The molecule has 4 heterocycles. The summed E-state index contributed by atoms with van der Waals surface area (Å²) >= 11 is 3.68. The number of nitrogens with zero attached hydrogens (tertiary/aromatic N) is 3. The fourth-order valence-electron chi connectivity index (χ4n) is 8.44. The lowest BCUT2D eigenvalue weighted by Crippen LogP contribution is -1.96. The van der Waals surface area contributed by atoms with Crippen molar-refractivity contribution in [3.63, 3.8) is 0 Å². The van der Waals surface area contributed by atoms with Crippen LogP contribution in [-0.2, 0) is 0 Å². The lowest BCUT2D eigenvalue weighted by atomic mass is 9.99. The van der Waals surface area contributed by atoms with Crippen LogP contribution in [0.2, 0.25) is 0 Å². The van der Waals surface area contributed by atoms with Crippen molar-refractivity contribution in [1.29, 1.82) is 0 Å². The Hall–Kier alpha value is -6.27. The molecule has 0 aliphatic carbocycles. The molecule has 4 aromatic heterocycles. The first-order valence-corrected chi connectivity index (χ1v) is 19.2. The van der Waals surface area contributed by atoms with E-state index in [4.69, 9.17) is 4.98 Å². The smallest absolute Gasteiger partial charge is 0.195 e. The summed E-state index contributed by atoms with van der Waals surface area (Å²) in [6, 6.07) is 59.8. The van der Waals surface area contributed by atoms with Crippen LogP contribution >= 0.6 is 22.7 Å². The van der Waals surface area contributed by atoms with E-state index in [2.05, 4.69) is 173 Å². The summed E-state index contributed by atoms with van der Waals surface area (Å²) in [4.78, 5) is 5.38. The van der Waals surface area contributed by atoms with Gasteiger partial charge in [-0.05, 0) is 70.4 Å². The van der Waals surface area contributed by atoms with Crippen LogP contribution in [0.5, 0.6) is 0 Å². The molecule has 0 atom stereocenters. The molecule has 0 bridgehead atoms. The van der Waals surface area contributed by atoms with Crippen LogP contribution in [0.25, 0.3) is 107 Å². The molecular weight excluding hydrogens is 671 g/mol. The first kappa shape index (κ1) is 28.4. The second-order valence-corrected chi connectivity index (χ2v) is 15.6. The van der Waals surface area contributed by atoms with Gasteiger partial charge in [-0.1, -0.05) is 127 Å². The normalized spacial score (nSPS) is 12.2. The molecule has 0 aliphatic heterocycles. The average Bonchev–Trinajstić information content (AvgIpc) is 3.96. The minimum absolute atomic E-state index is 0.984. The number of hydrogen-bond donors (Lipinski definition) is 0. The maximum Gasteiger partial charge on any atom is 0.195 e. The van der Waals surface area contributed by atoms with Crippen molar-refractivity contribution in [2.75, 3.05) is 0 Å². The largest absolute Gasteiger partial charge is 0.309 e. The molecule has 0 amide bonds. The van der Waals surface area contributed by atoms with Gasteiger partial charge < -0.3 is 4.57 Å². The highest BCUT2D eigenvalue weighted by atomic mass is 32.1. The van der Waals surface area contributed by atoms with Gasteiger partial charge in [-0.3, -0.25) is 4.57 Å². The number of fused-ring (bicyclic) bond motifs is 12. The lowest BCUT2D eigenvalue weighted by molar-refractivity contribution is 1.14. The molecule has 0 spiro atoms. The summed E-state index contributed by atoms with van der Waals surface area (Å²) < 4.78 is 8.63. The van der Waals surface area contributed by atoms with Gasteiger partial charge in [0.1, 0.15) is 0 Å². The average molecular weight is 698 g/mol. The van der Waals surface area contributed by atoms with Crippen molar-refractivity contribution in [2.45, 2.75) is 0 Å². The van der Waals surface area contributed by atoms with Gasteiger partial charge in [-0.15, -0.1) is 11.3 Å². The minimum atomic E-state index is 0.984. The van der Waals surface area contributed by atoms with Crippen molar-refractivity contribution < 1.29 is 0 Å². The zero-order chi connectivity index (χ0) is 33.9. The maximum absolute atomic E-state index is 5.38. The van der Waals surface area contributed by atoms with Crippen molar-refractivity contribution in [1.82, 2.24) is 14.1 Å². The Kier molecular flexibility index (Phi) is 5.81. The van der Waals surface area contributed by atoms with Crippen LogP contribution in [0.3, 0.4) is 0 Å². The van der Waals surface area contributed by atoms with Gasteiger partial charge >= 0.3 is 0 Å². The van der Waals surface area contributed by atoms with Crippen LogP contribution in [0.15, 0.2) is 164 Å². The summed E-state index contributed by atoms with van der Waals surface area (Å²) in [7, 11) is 0. The number of thiophene rings is 1. The van der Waals surface area contributed by atoms with E-state index >= 15 is 0 Å². The van der Waals surface area contributed by atoms with Crippen LogP contribution < -0.4 is 0 Å². The molecular formula is C47H27N3S2. The van der Waals surface area contributed by atoms with Crippen LogP contribution in [-0.4, -0.2) is 14.1 Å². The van der Waals surface area contributed by atoms with E-state index in [1.807, 2.05) is 11.3 Å². The third-order valence-electron chi connectivity index (χ3n) is 10.8. The summed E-state index contributed by atoms with van der Waals surface area (Å²) in [5, 5.41) is 11.1. The highest BCUT2D eigenvalue weighted by molar-refractivity contribution is 7.28. The standard InChI is InChI=1S/C47H27N3S2/c1-2-11-29-26-30(21-20-28(29)10-1)32-15-9-16-37-44-43(51-45(32)37)25-24-38-46(44)52-47(48-38)50-41-19-8-5-14-35(41)36-23-22-31(27-42(36)50)49-39-17-6-3-12-33(39)34-13-4-7-18-40(34)49/h1-27H. The molecule has 242 valence electrons. The van der Waals surface area contributed by atoms with E-state index < -0.39 is 0 Å². The Morgan fingerprint density at radius 1 is 0.423 bits per heavy atom. The summed E-state index contributed by atoms with van der Waals surface area (Å²) in [5.74, 6) is 0. The molecule has 0 radical (unpaired) electrons. The molecule has 8 aromatic carbocycles.